The van der Waals surface area contributed by atoms with Gasteiger partial charge in [-0.25, -0.2) is 0 Å². The zero-order valence-electron chi connectivity index (χ0n) is 13.4. The summed E-state index contributed by atoms with van der Waals surface area (Å²) >= 11 is 1.65. The van der Waals surface area contributed by atoms with E-state index in [1.807, 2.05) is 30.7 Å². The Morgan fingerprint density at radius 2 is 2.29 bits per heavy atom. The number of aliphatic carboxylic acids is 1. The van der Waals surface area contributed by atoms with E-state index in [4.69, 9.17) is 5.11 Å². The van der Waals surface area contributed by atoms with Crippen molar-refractivity contribution in [1.82, 2.24) is 15.3 Å². The first-order chi connectivity index (χ1) is 11.7. The van der Waals surface area contributed by atoms with Crippen molar-refractivity contribution in [3.63, 3.8) is 0 Å². The highest BCUT2D eigenvalue weighted by Crippen LogP contribution is 2.20. The van der Waals surface area contributed by atoms with Gasteiger partial charge in [0.25, 0.3) is 0 Å². The van der Waals surface area contributed by atoms with Crippen molar-refractivity contribution in [3.8, 4) is 5.69 Å². The minimum Gasteiger partial charge on any atom is -0.481 e. The molecule has 0 aliphatic carbocycles. The molecule has 0 saturated carbocycles. The highest BCUT2D eigenvalue weighted by molar-refractivity contribution is 7.12. The average molecular weight is 346 g/mol. The van der Waals surface area contributed by atoms with Gasteiger partial charge in [-0.1, -0.05) is 0 Å². The number of aromatic nitrogens is 1. The van der Waals surface area contributed by atoms with E-state index in [0.29, 0.717) is 12.5 Å². The van der Waals surface area contributed by atoms with Gasteiger partial charge in [0.05, 0.1) is 22.7 Å². The van der Waals surface area contributed by atoms with E-state index in [1.54, 1.807) is 11.3 Å². The predicted molar refractivity (Wildman–Crippen MR) is 96.0 cm³/mol. The van der Waals surface area contributed by atoms with Crippen molar-refractivity contribution in [1.29, 1.82) is 0 Å². The lowest BCUT2D eigenvalue weighted by atomic mass is 9.88. The SMILES string of the molecule is O=C(O)[C@H]1CNC[C@@H](CCN/N=C/c2sccc2-n2cccc2)C1. The quantitative estimate of drug-likeness (QED) is 0.408. The van der Waals surface area contributed by atoms with Crippen molar-refractivity contribution in [2.75, 3.05) is 19.6 Å². The third-order valence-electron chi connectivity index (χ3n) is 4.28. The van der Waals surface area contributed by atoms with E-state index < -0.39 is 5.97 Å². The molecule has 128 valence electrons. The van der Waals surface area contributed by atoms with Gasteiger partial charge in [0.2, 0.25) is 0 Å². The maximum absolute atomic E-state index is 11.1. The molecule has 0 radical (unpaired) electrons. The molecule has 0 amide bonds. The minimum atomic E-state index is -0.701. The fraction of sp³-hybridized carbons (Fsp3) is 0.412. The van der Waals surface area contributed by atoms with Crippen LogP contribution in [0.3, 0.4) is 0 Å². The van der Waals surface area contributed by atoms with E-state index in [2.05, 4.69) is 31.9 Å². The second-order valence-corrected chi connectivity index (χ2v) is 6.96. The molecular weight excluding hydrogens is 324 g/mol. The number of hydrazone groups is 1. The molecule has 1 saturated heterocycles. The van der Waals surface area contributed by atoms with E-state index in [0.717, 1.165) is 36.5 Å². The third-order valence-corrected chi connectivity index (χ3v) is 5.12. The number of carboxylic acid groups (broad SMARTS) is 1. The van der Waals surface area contributed by atoms with Crippen LogP contribution in [0, 0.1) is 11.8 Å². The minimum absolute atomic E-state index is 0.262. The van der Waals surface area contributed by atoms with Gasteiger partial charge in [-0.2, -0.15) is 5.10 Å². The van der Waals surface area contributed by atoms with Crippen LogP contribution < -0.4 is 10.7 Å². The number of thiophene rings is 1. The summed E-state index contributed by atoms with van der Waals surface area (Å²) < 4.78 is 2.07. The van der Waals surface area contributed by atoms with E-state index in [-0.39, 0.29) is 5.92 Å². The molecule has 2 atom stereocenters. The summed E-state index contributed by atoms with van der Waals surface area (Å²) in [5.41, 5.74) is 4.20. The van der Waals surface area contributed by atoms with Crippen LogP contribution in [0.1, 0.15) is 17.7 Å². The first kappa shape index (κ1) is 16.7. The van der Waals surface area contributed by atoms with Crippen LogP contribution in [0.2, 0.25) is 0 Å². The molecule has 1 fully saturated rings. The van der Waals surface area contributed by atoms with Crippen LogP contribution in [0.25, 0.3) is 5.69 Å². The van der Waals surface area contributed by atoms with E-state index >= 15 is 0 Å². The Labute approximate surface area is 145 Å². The van der Waals surface area contributed by atoms with Crippen LogP contribution >= 0.6 is 11.3 Å². The molecule has 1 aliphatic rings. The molecule has 1 aliphatic heterocycles. The topological polar surface area (TPSA) is 78.7 Å². The zero-order valence-corrected chi connectivity index (χ0v) is 14.2. The summed E-state index contributed by atoms with van der Waals surface area (Å²) in [6.07, 6.45) is 7.54. The molecule has 2 aromatic rings. The normalized spacial score (nSPS) is 21.2. The van der Waals surface area contributed by atoms with Gasteiger partial charge in [0.15, 0.2) is 0 Å². The Kier molecular flexibility index (Phi) is 5.66. The van der Waals surface area contributed by atoms with Crippen LogP contribution in [-0.4, -0.2) is 41.5 Å². The first-order valence-electron chi connectivity index (χ1n) is 8.14. The summed E-state index contributed by atoms with van der Waals surface area (Å²) in [6, 6.07) is 6.07. The molecule has 0 aromatic carbocycles. The van der Waals surface area contributed by atoms with Crippen molar-refractivity contribution < 1.29 is 9.90 Å². The number of piperidine rings is 1. The lowest BCUT2D eigenvalue weighted by Crippen LogP contribution is -2.40. The molecule has 2 aromatic heterocycles. The molecule has 0 bridgehead atoms. The zero-order chi connectivity index (χ0) is 16.8. The molecule has 3 N–H and O–H groups in total. The maximum Gasteiger partial charge on any atom is 0.307 e. The first-order valence-corrected chi connectivity index (χ1v) is 9.02. The lowest BCUT2D eigenvalue weighted by molar-refractivity contribution is -0.142. The predicted octanol–water partition coefficient (Wildman–Crippen LogP) is 2.16. The highest BCUT2D eigenvalue weighted by Gasteiger charge is 2.26. The Bertz CT molecular complexity index is 681. The molecule has 24 heavy (non-hydrogen) atoms. The van der Waals surface area contributed by atoms with Gasteiger partial charge >= 0.3 is 5.97 Å². The molecule has 3 rings (SSSR count). The van der Waals surface area contributed by atoms with Gasteiger partial charge < -0.3 is 20.4 Å². The summed E-state index contributed by atoms with van der Waals surface area (Å²) in [6.45, 7) is 2.22. The monoisotopic (exact) mass is 346 g/mol. The molecular formula is C17H22N4O2S. The van der Waals surface area contributed by atoms with Gasteiger partial charge in [0.1, 0.15) is 0 Å². The van der Waals surface area contributed by atoms with Crippen molar-refractivity contribution in [2.24, 2.45) is 16.9 Å². The Morgan fingerprint density at radius 1 is 1.46 bits per heavy atom. The smallest absolute Gasteiger partial charge is 0.307 e. The Balaban J connectivity index is 1.45. The maximum atomic E-state index is 11.1. The summed E-state index contributed by atoms with van der Waals surface area (Å²) in [5, 5.41) is 18.7. The second kappa shape index (κ2) is 8.12. The van der Waals surface area contributed by atoms with Gasteiger partial charge in [0, 0.05) is 25.5 Å². The van der Waals surface area contributed by atoms with Gasteiger partial charge in [-0.15, -0.1) is 11.3 Å². The average Bonchev–Trinajstić information content (AvgIpc) is 3.26. The van der Waals surface area contributed by atoms with Crippen LogP contribution in [-0.2, 0) is 4.79 Å². The largest absolute Gasteiger partial charge is 0.481 e. The lowest BCUT2D eigenvalue weighted by Gasteiger charge is -2.27. The fourth-order valence-corrected chi connectivity index (χ4v) is 3.75. The van der Waals surface area contributed by atoms with Crippen molar-refractivity contribution >= 4 is 23.5 Å². The summed E-state index contributed by atoms with van der Waals surface area (Å²) in [4.78, 5) is 12.2. The van der Waals surface area contributed by atoms with E-state index in [9.17, 15) is 4.79 Å². The molecule has 3 heterocycles. The number of hydrogen-bond acceptors (Lipinski definition) is 5. The van der Waals surface area contributed by atoms with Gasteiger partial charge in [-0.05, 0) is 48.9 Å². The standard InChI is InChI=1S/C17H22N4O2S/c22-17(23)14-9-13(10-18-11-14)3-5-19-20-12-16-15(4-8-24-16)21-6-1-2-7-21/h1-2,4,6-8,12-14,18-19H,3,5,9-11H2,(H,22,23)/b20-12+/t13-,14+/m0/s1. The summed E-state index contributed by atoms with van der Waals surface area (Å²) in [7, 11) is 0. The van der Waals surface area contributed by atoms with Crippen LogP contribution in [0.4, 0.5) is 0 Å². The number of nitrogens with zero attached hydrogens (tertiary/aromatic N) is 2. The Hall–Kier alpha value is -2.12. The van der Waals surface area contributed by atoms with Crippen molar-refractivity contribution in [2.45, 2.75) is 12.8 Å². The molecule has 6 nitrogen and oxygen atoms in total. The molecule has 0 spiro atoms. The number of carbonyl (C=O) groups is 1. The molecule has 0 unspecified atom stereocenters. The van der Waals surface area contributed by atoms with Gasteiger partial charge in [-0.3, -0.25) is 4.79 Å². The highest BCUT2D eigenvalue weighted by atomic mass is 32.1. The third kappa shape index (κ3) is 4.24. The number of nitrogens with one attached hydrogen (secondary N) is 2. The Morgan fingerprint density at radius 3 is 3.08 bits per heavy atom. The second-order valence-electron chi connectivity index (χ2n) is 6.01. The summed E-state index contributed by atoms with van der Waals surface area (Å²) in [5.74, 6) is -0.573. The van der Waals surface area contributed by atoms with Crippen LogP contribution in [0.5, 0.6) is 0 Å². The van der Waals surface area contributed by atoms with Crippen molar-refractivity contribution in [3.05, 3.63) is 40.8 Å². The van der Waals surface area contributed by atoms with Crippen LogP contribution in [0.15, 0.2) is 41.1 Å². The fourth-order valence-electron chi connectivity index (χ4n) is 3.00. The number of carboxylic acids is 1. The number of hydrogen-bond donors (Lipinski definition) is 3. The van der Waals surface area contributed by atoms with E-state index in [1.165, 1.54) is 0 Å². The molecule has 7 heteroatoms. The number of rotatable bonds is 7.